The van der Waals surface area contributed by atoms with Crippen molar-refractivity contribution in [3.05, 3.63) is 24.0 Å². The zero-order valence-corrected chi connectivity index (χ0v) is 12.0. The molecule has 1 N–H and O–H groups in total. The minimum absolute atomic E-state index is 0.181. The van der Waals surface area contributed by atoms with Crippen LogP contribution < -0.4 is 4.74 Å². The van der Waals surface area contributed by atoms with Gasteiger partial charge in [-0.2, -0.15) is 0 Å². The molecule has 4 heterocycles. The first-order chi connectivity index (χ1) is 9.78. The number of nitrogens with zero attached hydrogens (tertiary/aromatic N) is 3. The molecule has 3 aliphatic rings. The molecular weight excluding hydrogens is 254 g/mol. The quantitative estimate of drug-likeness (QED) is 0.866. The van der Waals surface area contributed by atoms with Gasteiger partial charge in [0.2, 0.25) is 0 Å². The van der Waals surface area contributed by atoms with E-state index in [4.69, 9.17) is 4.74 Å². The lowest BCUT2D eigenvalue weighted by Crippen LogP contribution is -2.62. The summed E-state index contributed by atoms with van der Waals surface area (Å²) in [5.74, 6) is 0.750. The molecule has 1 aromatic rings. The topological polar surface area (TPSA) is 48.8 Å². The Morgan fingerprint density at radius 1 is 1.35 bits per heavy atom. The third-order valence-corrected chi connectivity index (χ3v) is 4.23. The Kier molecular flexibility index (Phi) is 4.19. The van der Waals surface area contributed by atoms with Gasteiger partial charge in [0.1, 0.15) is 5.75 Å². The molecule has 2 unspecified atom stereocenters. The lowest BCUT2D eigenvalue weighted by molar-refractivity contribution is -0.0471. The van der Waals surface area contributed by atoms with E-state index in [2.05, 4.69) is 21.7 Å². The van der Waals surface area contributed by atoms with Gasteiger partial charge in [-0.1, -0.05) is 6.92 Å². The Morgan fingerprint density at radius 3 is 2.80 bits per heavy atom. The number of aliphatic hydroxyl groups excluding tert-OH is 1. The molecule has 1 aromatic heterocycles. The van der Waals surface area contributed by atoms with Crippen LogP contribution in [0.2, 0.25) is 0 Å². The van der Waals surface area contributed by atoms with Gasteiger partial charge < -0.3 is 9.84 Å². The Balaban J connectivity index is 1.71. The highest BCUT2D eigenvalue weighted by atomic mass is 16.5. The molecule has 4 rings (SSSR count). The number of ether oxygens (including phenoxy) is 1. The summed E-state index contributed by atoms with van der Waals surface area (Å²) < 4.78 is 5.60. The van der Waals surface area contributed by atoms with Gasteiger partial charge in [-0.25, -0.2) is 0 Å². The second-order valence-corrected chi connectivity index (χ2v) is 5.65. The average molecular weight is 277 g/mol. The predicted molar refractivity (Wildman–Crippen MR) is 76.8 cm³/mol. The van der Waals surface area contributed by atoms with Crippen molar-refractivity contribution < 1.29 is 9.84 Å². The number of aromatic nitrogens is 1. The summed E-state index contributed by atoms with van der Waals surface area (Å²) in [5.41, 5.74) is 0.859. The van der Waals surface area contributed by atoms with Gasteiger partial charge in [0, 0.05) is 44.5 Å². The van der Waals surface area contributed by atoms with E-state index < -0.39 is 6.10 Å². The maximum Gasteiger partial charge on any atom is 0.137 e. The van der Waals surface area contributed by atoms with Gasteiger partial charge in [0.05, 0.1) is 24.9 Å². The smallest absolute Gasteiger partial charge is 0.137 e. The van der Waals surface area contributed by atoms with Crippen molar-refractivity contribution in [3.63, 3.8) is 0 Å². The van der Waals surface area contributed by atoms with Gasteiger partial charge in [0.15, 0.2) is 0 Å². The first-order valence-corrected chi connectivity index (χ1v) is 7.50. The molecule has 0 saturated carbocycles. The van der Waals surface area contributed by atoms with Crippen molar-refractivity contribution in [1.82, 2.24) is 14.8 Å². The number of piperazine rings is 3. The van der Waals surface area contributed by atoms with Crippen LogP contribution in [0.5, 0.6) is 5.75 Å². The fourth-order valence-electron chi connectivity index (χ4n) is 3.08. The van der Waals surface area contributed by atoms with Crippen molar-refractivity contribution in [2.45, 2.75) is 25.5 Å². The zero-order valence-electron chi connectivity index (χ0n) is 12.0. The number of fused-ring (bicyclic) bond motifs is 3. The first kappa shape index (κ1) is 13.8. The maximum absolute atomic E-state index is 10.7. The summed E-state index contributed by atoms with van der Waals surface area (Å²) in [5, 5.41) is 10.7. The molecule has 2 bridgehead atoms. The lowest BCUT2D eigenvalue weighted by Gasteiger charge is -2.49. The van der Waals surface area contributed by atoms with Crippen LogP contribution in [-0.2, 0) is 0 Å². The van der Waals surface area contributed by atoms with Crippen molar-refractivity contribution in [3.8, 4) is 5.75 Å². The fraction of sp³-hybridized carbons (Fsp3) is 0.667. The number of hydrogen-bond donors (Lipinski definition) is 1. The number of rotatable bonds is 5. The molecule has 0 aromatic carbocycles. The Hall–Kier alpha value is -1.17. The van der Waals surface area contributed by atoms with Crippen LogP contribution >= 0.6 is 0 Å². The minimum Gasteiger partial charge on any atom is -0.492 e. The van der Waals surface area contributed by atoms with Gasteiger partial charge in [-0.15, -0.1) is 0 Å². The lowest BCUT2D eigenvalue weighted by atomic mass is 9.97. The zero-order chi connectivity index (χ0) is 13.9. The summed E-state index contributed by atoms with van der Waals surface area (Å²) in [7, 11) is 0. The molecule has 0 spiro atoms. The van der Waals surface area contributed by atoms with Gasteiger partial charge in [0.25, 0.3) is 0 Å². The third kappa shape index (κ3) is 2.80. The van der Waals surface area contributed by atoms with Crippen LogP contribution in [0.15, 0.2) is 18.5 Å². The molecule has 0 radical (unpaired) electrons. The average Bonchev–Trinajstić information content (AvgIpc) is 2.53. The van der Waals surface area contributed by atoms with Crippen LogP contribution in [0.25, 0.3) is 0 Å². The predicted octanol–water partition coefficient (Wildman–Crippen LogP) is 0.904. The molecular formula is C15H23N3O2. The van der Waals surface area contributed by atoms with Crippen molar-refractivity contribution in [1.29, 1.82) is 0 Å². The van der Waals surface area contributed by atoms with Crippen LogP contribution in [0.3, 0.4) is 0 Å². The van der Waals surface area contributed by atoms with E-state index in [1.54, 1.807) is 12.4 Å². The molecule has 3 fully saturated rings. The standard InChI is InChI=1S/C15H23N3O2/c1-2-7-20-13-8-12(9-16-10-13)15(19)14-11-17-3-5-18(14)6-4-17/h8-10,14-15,19H,2-7,11H2,1H3. The van der Waals surface area contributed by atoms with Crippen LogP contribution in [-0.4, -0.2) is 65.3 Å². The monoisotopic (exact) mass is 277 g/mol. The molecule has 2 atom stereocenters. The van der Waals surface area contributed by atoms with Crippen molar-refractivity contribution in [2.75, 3.05) is 39.3 Å². The normalized spacial score (nSPS) is 30.2. The first-order valence-electron chi connectivity index (χ1n) is 7.50. The highest BCUT2D eigenvalue weighted by molar-refractivity contribution is 5.26. The van der Waals surface area contributed by atoms with E-state index in [9.17, 15) is 5.11 Å². The van der Waals surface area contributed by atoms with Crippen LogP contribution in [0.1, 0.15) is 25.0 Å². The van der Waals surface area contributed by atoms with E-state index in [-0.39, 0.29) is 6.04 Å². The molecule has 5 heteroatoms. The Bertz CT molecular complexity index is 446. The minimum atomic E-state index is -0.490. The van der Waals surface area contributed by atoms with Gasteiger partial charge in [-0.05, 0) is 12.5 Å². The number of pyridine rings is 1. The summed E-state index contributed by atoms with van der Waals surface area (Å²) in [6.07, 6.45) is 3.94. The molecule has 3 aliphatic heterocycles. The summed E-state index contributed by atoms with van der Waals surface area (Å²) >= 11 is 0. The maximum atomic E-state index is 10.7. The SMILES string of the molecule is CCCOc1cncc(C(O)C2CN3CCN2CC3)c1. The van der Waals surface area contributed by atoms with Gasteiger partial charge >= 0.3 is 0 Å². The van der Waals surface area contributed by atoms with E-state index in [0.717, 1.165) is 50.5 Å². The Labute approximate surface area is 120 Å². The second-order valence-electron chi connectivity index (χ2n) is 5.65. The number of aliphatic hydroxyl groups is 1. The molecule has 20 heavy (non-hydrogen) atoms. The summed E-state index contributed by atoms with van der Waals surface area (Å²) in [6.45, 7) is 8.07. The van der Waals surface area contributed by atoms with E-state index >= 15 is 0 Å². The van der Waals surface area contributed by atoms with Crippen molar-refractivity contribution >= 4 is 0 Å². The van der Waals surface area contributed by atoms with E-state index in [0.29, 0.717) is 6.61 Å². The fourth-order valence-corrected chi connectivity index (χ4v) is 3.08. The highest BCUT2D eigenvalue weighted by Crippen LogP contribution is 2.28. The van der Waals surface area contributed by atoms with Gasteiger partial charge in [-0.3, -0.25) is 14.8 Å². The third-order valence-electron chi connectivity index (χ3n) is 4.23. The second kappa shape index (κ2) is 6.08. The molecule has 5 nitrogen and oxygen atoms in total. The molecule has 110 valence electrons. The van der Waals surface area contributed by atoms with E-state index in [1.807, 2.05) is 6.07 Å². The Morgan fingerprint density at radius 2 is 2.15 bits per heavy atom. The van der Waals surface area contributed by atoms with Crippen LogP contribution in [0, 0.1) is 0 Å². The largest absolute Gasteiger partial charge is 0.492 e. The van der Waals surface area contributed by atoms with E-state index in [1.165, 1.54) is 0 Å². The number of hydrogen-bond acceptors (Lipinski definition) is 5. The summed E-state index contributed by atoms with van der Waals surface area (Å²) in [6, 6.07) is 2.10. The molecule has 3 saturated heterocycles. The summed E-state index contributed by atoms with van der Waals surface area (Å²) in [4.78, 5) is 9.02. The molecule has 0 aliphatic carbocycles. The molecule has 0 amide bonds. The highest BCUT2D eigenvalue weighted by Gasteiger charge is 2.36. The van der Waals surface area contributed by atoms with Crippen molar-refractivity contribution in [2.24, 2.45) is 0 Å². The van der Waals surface area contributed by atoms with Crippen LogP contribution in [0.4, 0.5) is 0 Å².